The lowest BCUT2D eigenvalue weighted by molar-refractivity contribution is -0.130. The van der Waals surface area contributed by atoms with E-state index < -0.39 is 17.5 Å². The first-order chi connectivity index (χ1) is 17.0. The van der Waals surface area contributed by atoms with Crippen LogP contribution < -0.4 is 14.8 Å². The maximum atomic E-state index is 13.9. The summed E-state index contributed by atoms with van der Waals surface area (Å²) in [5, 5.41) is 2.92. The zero-order valence-electron chi connectivity index (χ0n) is 19.2. The Morgan fingerprint density at radius 2 is 1.43 bits per heavy atom. The summed E-state index contributed by atoms with van der Waals surface area (Å²) in [6, 6.07) is 23.0. The van der Waals surface area contributed by atoms with Crippen molar-refractivity contribution >= 4 is 11.9 Å². The van der Waals surface area contributed by atoms with Crippen LogP contribution in [0, 0.1) is 0 Å². The van der Waals surface area contributed by atoms with Gasteiger partial charge in [-0.2, -0.15) is 0 Å². The number of aromatic nitrogens is 1. The van der Waals surface area contributed by atoms with Crippen LogP contribution in [0.4, 0.5) is 4.79 Å². The summed E-state index contributed by atoms with van der Waals surface area (Å²) in [5.74, 6) is 1.66. The minimum Gasteiger partial charge on any atom is -0.497 e. The summed E-state index contributed by atoms with van der Waals surface area (Å²) in [6.07, 6.45) is 1.59. The van der Waals surface area contributed by atoms with Crippen molar-refractivity contribution in [2.45, 2.75) is 12.1 Å². The summed E-state index contributed by atoms with van der Waals surface area (Å²) < 4.78 is 16.4. The van der Waals surface area contributed by atoms with Gasteiger partial charge in [-0.25, -0.2) is 9.78 Å². The summed E-state index contributed by atoms with van der Waals surface area (Å²) >= 11 is 0. The van der Waals surface area contributed by atoms with Gasteiger partial charge in [0.15, 0.2) is 11.3 Å². The smallest absolute Gasteiger partial charge is 0.326 e. The average Bonchev–Trinajstić information content (AvgIpc) is 3.48. The second-order valence-electron chi connectivity index (χ2n) is 8.01. The molecule has 0 atom stereocenters. The quantitative estimate of drug-likeness (QED) is 0.405. The topological polar surface area (TPSA) is 93.9 Å². The van der Waals surface area contributed by atoms with Crippen molar-refractivity contribution in [2.75, 3.05) is 14.2 Å². The molecule has 2 heterocycles. The Hall–Kier alpha value is -4.59. The van der Waals surface area contributed by atoms with Crippen LogP contribution in [0.3, 0.4) is 0 Å². The Morgan fingerprint density at radius 3 is 1.97 bits per heavy atom. The first-order valence-electron chi connectivity index (χ1n) is 11.0. The fourth-order valence-electron chi connectivity index (χ4n) is 4.21. The fraction of sp³-hybridized carbons (Fsp3) is 0.148. The second-order valence-corrected chi connectivity index (χ2v) is 8.01. The summed E-state index contributed by atoms with van der Waals surface area (Å²) in [4.78, 5) is 32.5. The fourth-order valence-corrected chi connectivity index (χ4v) is 4.21. The summed E-state index contributed by atoms with van der Waals surface area (Å²) in [7, 11) is 3.14. The van der Waals surface area contributed by atoms with Gasteiger partial charge in [0.05, 0.1) is 20.4 Å². The first-order valence-corrected chi connectivity index (χ1v) is 11.0. The molecule has 0 unspecified atom stereocenters. The molecule has 1 saturated heterocycles. The number of hydrogen-bond acceptors (Lipinski definition) is 6. The van der Waals surface area contributed by atoms with Crippen molar-refractivity contribution in [3.8, 4) is 22.8 Å². The van der Waals surface area contributed by atoms with E-state index in [2.05, 4.69) is 10.3 Å². The molecule has 1 aromatic heterocycles. The predicted molar refractivity (Wildman–Crippen MR) is 128 cm³/mol. The molecule has 8 heteroatoms. The number of ether oxygens (including phenoxy) is 2. The largest absolute Gasteiger partial charge is 0.497 e. The minimum absolute atomic E-state index is 0.106. The molecule has 5 rings (SSSR count). The van der Waals surface area contributed by atoms with Gasteiger partial charge < -0.3 is 19.2 Å². The number of urea groups is 1. The van der Waals surface area contributed by atoms with Crippen molar-refractivity contribution in [3.63, 3.8) is 0 Å². The first kappa shape index (κ1) is 22.2. The second kappa shape index (κ2) is 8.98. The number of amides is 3. The maximum Gasteiger partial charge on any atom is 0.326 e. The molecule has 1 N–H and O–H groups in total. The highest BCUT2D eigenvalue weighted by molar-refractivity contribution is 6.09. The van der Waals surface area contributed by atoms with Crippen LogP contribution in [0.25, 0.3) is 11.3 Å². The van der Waals surface area contributed by atoms with Crippen LogP contribution in [0.2, 0.25) is 0 Å². The Morgan fingerprint density at radius 1 is 0.857 bits per heavy atom. The number of imide groups is 1. The molecule has 0 saturated carbocycles. The van der Waals surface area contributed by atoms with Crippen molar-refractivity contribution in [1.82, 2.24) is 15.2 Å². The number of benzene rings is 3. The van der Waals surface area contributed by atoms with Crippen LogP contribution in [-0.2, 0) is 16.9 Å². The van der Waals surface area contributed by atoms with Crippen molar-refractivity contribution in [1.29, 1.82) is 0 Å². The molecule has 0 spiro atoms. The molecular formula is C27H23N3O5. The van der Waals surface area contributed by atoms with Gasteiger partial charge in [-0.1, -0.05) is 54.6 Å². The van der Waals surface area contributed by atoms with Crippen LogP contribution in [0.15, 0.2) is 89.5 Å². The van der Waals surface area contributed by atoms with Crippen molar-refractivity contribution in [3.05, 3.63) is 102 Å². The SMILES string of the molecule is COc1ccc(C2(c3ccc(OC)cc3)NC(=O)N(Cc3ncc(-c4ccccc4)o3)C2=O)cc1. The number of hydrogen-bond donors (Lipinski definition) is 1. The van der Waals surface area contributed by atoms with Crippen LogP contribution >= 0.6 is 0 Å². The predicted octanol–water partition coefficient (Wildman–Crippen LogP) is 4.35. The molecule has 4 aromatic rings. The molecule has 1 fully saturated rings. The lowest BCUT2D eigenvalue weighted by atomic mass is 9.82. The monoisotopic (exact) mass is 469 g/mol. The third-order valence-electron chi connectivity index (χ3n) is 6.06. The minimum atomic E-state index is -1.43. The van der Waals surface area contributed by atoms with Crippen LogP contribution in [0.5, 0.6) is 11.5 Å². The number of carbonyl (C=O) groups excluding carboxylic acids is 2. The van der Waals surface area contributed by atoms with Gasteiger partial charge >= 0.3 is 6.03 Å². The van der Waals surface area contributed by atoms with E-state index in [0.717, 1.165) is 10.5 Å². The highest BCUT2D eigenvalue weighted by Gasteiger charge is 2.54. The number of nitrogens with zero attached hydrogens (tertiary/aromatic N) is 2. The van der Waals surface area contributed by atoms with Crippen LogP contribution in [0.1, 0.15) is 17.0 Å². The van der Waals surface area contributed by atoms with Gasteiger partial charge in [-0.3, -0.25) is 9.69 Å². The molecule has 1 aliphatic heterocycles. The van der Waals surface area contributed by atoms with E-state index in [1.54, 1.807) is 68.9 Å². The van der Waals surface area contributed by atoms with Crippen LogP contribution in [-0.4, -0.2) is 36.0 Å². The van der Waals surface area contributed by atoms with Crippen molar-refractivity contribution in [2.24, 2.45) is 0 Å². The van der Waals surface area contributed by atoms with Gasteiger partial charge in [-0.05, 0) is 35.4 Å². The third-order valence-corrected chi connectivity index (χ3v) is 6.06. The number of methoxy groups -OCH3 is 2. The van der Waals surface area contributed by atoms with E-state index in [4.69, 9.17) is 13.9 Å². The molecule has 0 aliphatic carbocycles. The third kappa shape index (κ3) is 3.89. The molecule has 8 nitrogen and oxygen atoms in total. The van der Waals surface area contributed by atoms with E-state index in [9.17, 15) is 9.59 Å². The Bertz CT molecular complexity index is 1300. The van der Waals surface area contributed by atoms with Crippen molar-refractivity contribution < 1.29 is 23.5 Å². The zero-order valence-corrected chi connectivity index (χ0v) is 19.2. The Kier molecular flexibility index (Phi) is 5.70. The number of oxazole rings is 1. The Balaban J connectivity index is 1.51. The van der Waals surface area contributed by atoms with E-state index >= 15 is 0 Å². The normalized spacial score (nSPS) is 14.6. The number of rotatable bonds is 7. The number of carbonyl (C=O) groups is 2. The van der Waals surface area contributed by atoms with Gasteiger partial charge in [0.1, 0.15) is 18.0 Å². The molecule has 1 aliphatic rings. The van der Waals surface area contributed by atoms with Gasteiger partial charge in [0, 0.05) is 5.56 Å². The highest BCUT2D eigenvalue weighted by atomic mass is 16.5. The van der Waals surface area contributed by atoms with E-state index in [0.29, 0.717) is 28.4 Å². The van der Waals surface area contributed by atoms with E-state index in [1.807, 2.05) is 30.3 Å². The van der Waals surface area contributed by atoms with E-state index in [-0.39, 0.29) is 12.4 Å². The maximum absolute atomic E-state index is 13.9. The van der Waals surface area contributed by atoms with Gasteiger partial charge in [0.25, 0.3) is 5.91 Å². The van der Waals surface area contributed by atoms with Gasteiger partial charge in [0.2, 0.25) is 5.89 Å². The van der Waals surface area contributed by atoms with Gasteiger partial charge in [-0.15, -0.1) is 0 Å². The lowest BCUT2D eigenvalue weighted by Crippen LogP contribution is -2.45. The molecular weight excluding hydrogens is 446 g/mol. The lowest BCUT2D eigenvalue weighted by Gasteiger charge is -2.28. The van der Waals surface area contributed by atoms with E-state index in [1.165, 1.54) is 0 Å². The summed E-state index contributed by atoms with van der Waals surface area (Å²) in [6.45, 7) is -0.106. The highest BCUT2D eigenvalue weighted by Crippen LogP contribution is 2.38. The molecule has 0 bridgehead atoms. The molecule has 35 heavy (non-hydrogen) atoms. The number of nitrogens with one attached hydrogen (secondary N) is 1. The molecule has 3 amide bonds. The standard InChI is InChI=1S/C27H23N3O5/c1-33-21-12-8-19(9-13-21)27(20-10-14-22(34-2)15-11-20)25(31)30(26(32)29-27)17-24-28-16-23(35-24)18-6-4-3-5-7-18/h3-16H,17H2,1-2H3,(H,29,32). The molecule has 176 valence electrons. The Labute approximate surface area is 202 Å². The zero-order chi connectivity index (χ0) is 24.4. The molecule has 0 radical (unpaired) electrons. The average molecular weight is 469 g/mol. The molecule has 3 aromatic carbocycles. The summed E-state index contributed by atoms with van der Waals surface area (Å²) in [5.41, 5.74) is 0.627.